The van der Waals surface area contributed by atoms with Gasteiger partial charge < -0.3 is 5.32 Å². The van der Waals surface area contributed by atoms with Gasteiger partial charge in [-0.25, -0.2) is 0 Å². The van der Waals surface area contributed by atoms with Crippen molar-refractivity contribution in [2.75, 3.05) is 26.2 Å². The molecule has 0 aromatic heterocycles. The highest BCUT2D eigenvalue weighted by molar-refractivity contribution is 6.30. The first-order chi connectivity index (χ1) is 8.72. The van der Waals surface area contributed by atoms with E-state index in [4.69, 9.17) is 11.6 Å². The summed E-state index contributed by atoms with van der Waals surface area (Å²) in [7, 11) is 0. The van der Waals surface area contributed by atoms with Crippen molar-refractivity contribution < 1.29 is 0 Å². The van der Waals surface area contributed by atoms with E-state index in [0.29, 0.717) is 6.04 Å². The van der Waals surface area contributed by atoms with Crippen LogP contribution in [0.1, 0.15) is 23.6 Å². The van der Waals surface area contributed by atoms with E-state index >= 15 is 0 Å². The van der Waals surface area contributed by atoms with Gasteiger partial charge in [0.2, 0.25) is 0 Å². The Morgan fingerprint density at radius 3 is 2.78 bits per heavy atom. The van der Waals surface area contributed by atoms with Crippen LogP contribution in [-0.2, 0) is 0 Å². The van der Waals surface area contributed by atoms with Crippen molar-refractivity contribution in [1.29, 1.82) is 0 Å². The lowest BCUT2D eigenvalue weighted by Crippen LogP contribution is -2.45. The Hall–Kier alpha value is -0.830. The molecule has 0 amide bonds. The molecule has 1 atom stereocenters. The van der Waals surface area contributed by atoms with E-state index < -0.39 is 0 Å². The van der Waals surface area contributed by atoms with Crippen LogP contribution in [0.5, 0.6) is 0 Å². The van der Waals surface area contributed by atoms with Crippen molar-refractivity contribution in [3.8, 4) is 0 Å². The lowest BCUT2D eigenvalue weighted by Gasteiger charge is -2.35. The molecule has 1 heterocycles. The molecule has 0 radical (unpaired) electrons. The molecule has 1 saturated heterocycles. The molecule has 1 aromatic carbocycles. The molecule has 0 saturated carbocycles. The normalized spacial score (nSPS) is 18.6. The van der Waals surface area contributed by atoms with Gasteiger partial charge in [0.25, 0.3) is 0 Å². The molecule has 3 heteroatoms. The smallest absolute Gasteiger partial charge is 0.0408 e. The van der Waals surface area contributed by atoms with Gasteiger partial charge in [-0.15, -0.1) is 6.58 Å². The molecule has 0 aliphatic carbocycles. The van der Waals surface area contributed by atoms with Gasteiger partial charge in [-0.2, -0.15) is 0 Å². The van der Waals surface area contributed by atoms with E-state index in [1.165, 1.54) is 11.1 Å². The summed E-state index contributed by atoms with van der Waals surface area (Å²) in [6, 6.07) is 6.63. The molecule has 2 rings (SSSR count). The highest BCUT2D eigenvalue weighted by atomic mass is 35.5. The van der Waals surface area contributed by atoms with E-state index in [1.807, 2.05) is 12.1 Å². The number of hydrogen-bond acceptors (Lipinski definition) is 2. The molecule has 98 valence electrons. The predicted molar refractivity (Wildman–Crippen MR) is 78.2 cm³/mol. The maximum absolute atomic E-state index is 6.04. The van der Waals surface area contributed by atoms with E-state index in [-0.39, 0.29) is 0 Å². The average molecular weight is 265 g/mol. The van der Waals surface area contributed by atoms with Crippen molar-refractivity contribution >= 4 is 11.6 Å². The second-order valence-electron chi connectivity index (χ2n) is 4.83. The summed E-state index contributed by atoms with van der Waals surface area (Å²) in [6.07, 6.45) is 3.00. The van der Waals surface area contributed by atoms with Gasteiger partial charge in [0.05, 0.1) is 0 Å². The van der Waals surface area contributed by atoms with Crippen molar-refractivity contribution in [1.82, 2.24) is 10.2 Å². The molecule has 1 fully saturated rings. The zero-order valence-corrected chi connectivity index (χ0v) is 11.7. The van der Waals surface area contributed by atoms with Gasteiger partial charge in [-0.1, -0.05) is 23.7 Å². The molecular formula is C15H21ClN2. The van der Waals surface area contributed by atoms with E-state index in [9.17, 15) is 0 Å². The maximum atomic E-state index is 6.04. The Labute approximate surface area is 115 Å². The lowest BCUT2D eigenvalue weighted by atomic mass is 9.97. The van der Waals surface area contributed by atoms with E-state index in [2.05, 4.69) is 35.9 Å². The quantitative estimate of drug-likeness (QED) is 0.841. The third-order valence-electron chi connectivity index (χ3n) is 3.57. The molecule has 1 aliphatic rings. The first kappa shape index (κ1) is 13.6. The standard InChI is InChI=1S/C15H21ClN2/c1-3-4-15(18-9-7-17-8-10-18)14-6-5-13(16)11-12(14)2/h3,5-6,11,15,17H,1,4,7-10H2,2H3/t15-/m1/s1. The van der Waals surface area contributed by atoms with Crippen LogP contribution in [0.3, 0.4) is 0 Å². The van der Waals surface area contributed by atoms with Crippen molar-refractivity contribution in [3.63, 3.8) is 0 Å². The van der Waals surface area contributed by atoms with Crippen LogP contribution in [0.15, 0.2) is 30.9 Å². The highest BCUT2D eigenvalue weighted by Gasteiger charge is 2.22. The third kappa shape index (κ3) is 3.14. The number of benzene rings is 1. The number of nitrogens with one attached hydrogen (secondary N) is 1. The molecule has 1 aliphatic heterocycles. The van der Waals surface area contributed by atoms with Crippen LogP contribution in [0, 0.1) is 6.92 Å². The summed E-state index contributed by atoms with van der Waals surface area (Å²) >= 11 is 6.04. The van der Waals surface area contributed by atoms with Gasteiger partial charge in [0.1, 0.15) is 0 Å². The van der Waals surface area contributed by atoms with Crippen LogP contribution in [0.25, 0.3) is 0 Å². The first-order valence-corrected chi connectivity index (χ1v) is 6.92. The third-order valence-corrected chi connectivity index (χ3v) is 3.81. The maximum Gasteiger partial charge on any atom is 0.0408 e. The number of hydrogen-bond donors (Lipinski definition) is 1. The molecule has 1 aromatic rings. The minimum absolute atomic E-state index is 0.432. The minimum Gasteiger partial charge on any atom is -0.314 e. The van der Waals surface area contributed by atoms with Crippen molar-refractivity contribution in [2.45, 2.75) is 19.4 Å². The average Bonchev–Trinajstić information content (AvgIpc) is 2.38. The Morgan fingerprint density at radius 2 is 2.17 bits per heavy atom. The number of aryl methyl sites for hydroxylation is 1. The molecule has 2 nitrogen and oxygen atoms in total. The summed E-state index contributed by atoms with van der Waals surface area (Å²) in [5, 5.41) is 4.21. The molecular weight excluding hydrogens is 244 g/mol. The monoisotopic (exact) mass is 264 g/mol. The summed E-state index contributed by atoms with van der Waals surface area (Å²) in [4.78, 5) is 2.54. The van der Waals surface area contributed by atoms with Crippen LogP contribution in [0.4, 0.5) is 0 Å². The van der Waals surface area contributed by atoms with Gasteiger partial charge in [0, 0.05) is 37.2 Å². The van der Waals surface area contributed by atoms with Gasteiger partial charge in [-0.3, -0.25) is 4.90 Å². The first-order valence-electron chi connectivity index (χ1n) is 6.54. The molecule has 18 heavy (non-hydrogen) atoms. The molecule has 0 bridgehead atoms. The minimum atomic E-state index is 0.432. The van der Waals surface area contributed by atoms with Gasteiger partial charge >= 0.3 is 0 Å². The fourth-order valence-corrected chi connectivity index (χ4v) is 2.86. The lowest BCUT2D eigenvalue weighted by molar-refractivity contribution is 0.174. The number of halogens is 1. The summed E-state index contributed by atoms with van der Waals surface area (Å²) < 4.78 is 0. The zero-order valence-electron chi connectivity index (χ0n) is 11.0. The topological polar surface area (TPSA) is 15.3 Å². The summed E-state index contributed by atoms with van der Waals surface area (Å²) in [5.74, 6) is 0. The highest BCUT2D eigenvalue weighted by Crippen LogP contribution is 2.29. The predicted octanol–water partition coefficient (Wildman–Crippen LogP) is 3.17. The van der Waals surface area contributed by atoms with E-state index in [0.717, 1.165) is 37.6 Å². The van der Waals surface area contributed by atoms with E-state index in [1.54, 1.807) is 0 Å². The number of nitrogens with zero attached hydrogens (tertiary/aromatic N) is 1. The number of piperazine rings is 1. The SMILES string of the molecule is C=CC[C@H](c1ccc(Cl)cc1C)N1CCNCC1. The number of rotatable bonds is 4. The summed E-state index contributed by atoms with van der Waals surface area (Å²) in [5.41, 5.74) is 2.65. The Morgan fingerprint density at radius 1 is 1.44 bits per heavy atom. The van der Waals surface area contributed by atoms with Gasteiger partial charge in [-0.05, 0) is 36.6 Å². The molecule has 1 N–H and O–H groups in total. The molecule has 0 unspecified atom stereocenters. The fourth-order valence-electron chi connectivity index (χ4n) is 2.64. The summed E-state index contributed by atoms with van der Waals surface area (Å²) in [6.45, 7) is 10.4. The second kappa shape index (κ2) is 6.37. The van der Waals surface area contributed by atoms with Crippen molar-refractivity contribution in [3.05, 3.63) is 47.0 Å². The van der Waals surface area contributed by atoms with Crippen LogP contribution in [0.2, 0.25) is 5.02 Å². The molecule has 0 spiro atoms. The second-order valence-corrected chi connectivity index (χ2v) is 5.26. The Balaban J connectivity index is 2.24. The van der Waals surface area contributed by atoms with Crippen LogP contribution >= 0.6 is 11.6 Å². The Kier molecular flexibility index (Phi) is 4.81. The zero-order chi connectivity index (χ0) is 13.0. The fraction of sp³-hybridized carbons (Fsp3) is 0.467. The van der Waals surface area contributed by atoms with Gasteiger partial charge in [0.15, 0.2) is 0 Å². The Bertz CT molecular complexity index is 411. The van der Waals surface area contributed by atoms with Crippen molar-refractivity contribution in [2.24, 2.45) is 0 Å². The largest absolute Gasteiger partial charge is 0.314 e. The van der Waals surface area contributed by atoms with Crippen LogP contribution in [-0.4, -0.2) is 31.1 Å². The van der Waals surface area contributed by atoms with Crippen LogP contribution < -0.4 is 5.32 Å².